The monoisotopic (exact) mass is 820 g/mol. The van der Waals surface area contributed by atoms with Crippen LogP contribution in [0.25, 0.3) is 34.4 Å². The molecular formula is C46H60HfSi. The summed E-state index contributed by atoms with van der Waals surface area (Å²) in [4.78, 5) is 0. The Morgan fingerprint density at radius 2 is 0.896 bits per heavy atom. The van der Waals surface area contributed by atoms with Crippen LogP contribution in [0.3, 0.4) is 0 Å². The molecule has 2 heteroatoms. The van der Waals surface area contributed by atoms with Crippen molar-refractivity contribution in [2.75, 3.05) is 0 Å². The van der Waals surface area contributed by atoms with Crippen LogP contribution in [0.1, 0.15) is 106 Å². The summed E-state index contributed by atoms with van der Waals surface area (Å²) in [5.41, 5.74) is 14.4. The third-order valence-corrected chi connectivity index (χ3v) is 70.6. The van der Waals surface area contributed by atoms with Gasteiger partial charge in [-0.25, -0.2) is 0 Å². The van der Waals surface area contributed by atoms with Gasteiger partial charge in [0.15, 0.2) is 0 Å². The zero-order chi connectivity index (χ0) is 34.1. The topological polar surface area (TPSA) is 0 Å². The van der Waals surface area contributed by atoms with Gasteiger partial charge in [0.2, 0.25) is 0 Å². The number of unbranched alkanes of at least 4 members (excludes halogenated alkanes) is 6. The maximum atomic E-state index is 2.98. The third-order valence-electron chi connectivity index (χ3n) is 14.0. The van der Waals surface area contributed by atoms with E-state index >= 15 is 0 Å². The summed E-state index contributed by atoms with van der Waals surface area (Å²) in [7, 11) is 0. The second-order valence-corrected chi connectivity index (χ2v) is 95.5. The summed E-state index contributed by atoms with van der Waals surface area (Å²) >= 11 is -5.16. The van der Waals surface area contributed by atoms with Crippen molar-refractivity contribution in [1.82, 2.24) is 0 Å². The van der Waals surface area contributed by atoms with E-state index in [1.54, 1.807) is 11.1 Å². The standard InChI is InChI=1S/2C16H13.2C6H13.2CH3.Hf.H2Si/c2*1-12-6-2-3-9-14(12)16-11-5-8-13-7-4-10-15(13)16;2*1-3-5-6-4-2;;;;/h2*2-11H,1H3;2*1,3-6H2,2H3;2*1H3;;1H2. The Hall–Kier alpha value is -2.55. The van der Waals surface area contributed by atoms with Gasteiger partial charge in [-0.1, -0.05) is 0 Å². The van der Waals surface area contributed by atoms with Crippen LogP contribution in [-0.2, 0) is 14.2 Å². The number of hydrogen-bond acceptors (Lipinski definition) is 0. The molecule has 0 fully saturated rings. The van der Waals surface area contributed by atoms with E-state index in [1.807, 2.05) is 0 Å². The van der Waals surface area contributed by atoms with Crippen LogP contribution in [0.2, 0.25) is 17.7 Å². The number of rotatable bonds is 14. The van der Waals surface area contributed by atoms with Crippen LogP contribution in [0.4, 0.5) is 0 Å². The van der Waals surface area contributed by atoms with Crippen molar-refractivity contribution < 1.29 is 14.2 Å². The Morgan fingerprint density at radius 1 is 0.500 bits per heavy atom. The van der Waals surface area contributed by atoms with Crippen molar-refractivity contribution in [3.05, 3.63) is 130 Å². The van der Waals surface area contributed by atoms with Crippen LogP contribution in [-0.4, -0.2) is 6.94 Å². The van der Waals surface area contributed by atoms with E-state index in [0.717, 1.165) is 0 Å². The van der Waals surface area contributed by atoms with E-state index in [-0.39, 0.29) is 0 Å². The van der Waals surface area contributed by atoms with Gasteiger partial charge >= 0.3 is 290 Å². The first-order valence-corrected chi connectivity index (χ1v) is 43.9. The molecule has 0 spiro atoms. The summed E-state index contributed by atoms with van der Waals surface area (Å²) in [5, 5.41) is 0. The molecular weight excluding hydrogens is 759 g/mol. The number of hydrogen-bond donors (Lipinski definition) is 0. The molecule has 0 radical (unpaired) electrons. The normalized spacial score (nSPS) is 18.9. The van der Waals surface area contributed by atoms with Gasteiger partial charge in [-0.3, -0.25) is 0 Å². The molecule has 0 aromatic heterocycles. The molecule has 48 heavy (non-hydrogen) atoms. The molecule has 0 amide bonds. The van der Waals surface area contributed by atoms with Gasteiger partial charge in [-0.05, 0) is 0 Å². The SMILES string of the molecule is CCCCC[CH2][Hf]([CH3])([CH3])(=[SiH2])([CH2]CCCCC)([CH]1C=Cc2c(-c3ccccc3C)cccc21)[CH]1C=Cc2c(-c3ccccc3C)cccc21. The van der Waals surface area contributed by atoms with Gasteiger partial charge in [0, 0.05) is 0 Å². The molecule has 0 saturated heterocycles. The van der Waals surface area contributed by atoms with Gasteiger partial charge in [0.1, 0.15) is 0 Å². The van der Waals surface area contributed by atoms with Gasteiger partial charge < -0.3 is 0 Å². The Balaban J connectivity index is 1.62. The molecule has 0 nitrogen and oxygen atoms in total. The Morgan fingerprint density at radius 3 is 1.29 bits per heavy atom. The van der Waals surface area contributed by atoms with Crippen LogP contribution in [0.15, 0.2) is 97.1 Å². The Kier molecular flexibility index (Phi) is 9.07. The first-order valence-electron chi connectivity index (χ1n) is 19.2. The maximum absolute atomic E-state index is 5.16. The van der Waals surface area contributed by atoms with Gasteiger partial charge in [0.25, 0.3) is 0 Å². The molecule has 0 bridgehead atoms. The van der Waals surface area contributed by atoms with Crippen molar-refractivity contribution in [3.8, 4) is 22.3 Å². The summed E-state index contributed by atoms with van der Waals surface area (Å²) in [6, 6.07) is 32.5. The van der Waals surface area contributed by atoms with Gasteiger partial charge in [0.05, 0.1) is 0 Å². The zero-order valence-electron chi connectivity index (χ0n) is 30.8. The van der Waals surface area contributed by atoms with Crippen LogP contribution in [0.5, 0.6) is 0 Å². The van der Waals surface area contributed by atoms with E-state index in [4.69, 9.17) is 0 Å². The molecule has 0 aliphatic heterocycles. The first-order chi connectivity index (χ1) is 22.9. The van der Waals surface area contributed by atoms with E-state index < -0.39 is 14.2 Å². The Labute approximate surface area is 288 Å². The molecule has 0 heterocycles. The second kappa shape index (κ2) is 12.3. The third kappa shape index (κ3) is 5.68. The molecule has 4 aromatic carbocycles. The summed E-state index contributed by atoms with van der Waals surface area (Å²) < 4.78 is 9.63. The predicted octanol–water partition coefficient (Wildman–Crippen LogP) is 13.9. The van der Waals surface area contributed by atoms with Crippen molar-refractivity contribution >= 4 is 19.1 Å². The van der Waals surface area contributed by atoms with E-state index in [2.05, 4.69) is 153 Å². The quantitative estimate of drug-likeness (QED) is 0.0878. The molecule has 2 aliphatic carbocycles. The molecule has 6 rings (SSSR count). The summed E-state index contributed by atoms with van der Waals surface area (Å²) in [6.45, 7) is 11.9. The molecule has 2 atom stereocenters. The Bertz CT molecular complexity index is 1890. The number of allylic oxidation sites excluding steroid dienone is 2. The fourth-order valence-corrected chi connectivity index (χ4v) is 60.5. The van der Waals surface area contributed by atoms with Crippen molar-refractivity contribution in [1.29, 1.82) is 0 Å². The van der Waals surface area contributed by atoms with E-state index in [1.165, 1.54) is 104 Å². The van der Waals surface area contributed by atoms with Gasteiger partial charge in [-0.2, -0.15) is 0 Å². The minimum absolute atomic E-state index is 0.456. The fraction of sp³-hybridized carbons (Fsp3) is 0.391. The molecule has 2 aliphatic rings. The van der Waals surface area contributed by atoms with Gasteiger partial charge in [-0.15, -0.1) is 0 Å². The van der Waals surface area contributed by atoms with Crippen molar-refractivity contribution in [2.24, 2.45) is 0 Å². The second-order valence-electron chi connectivity index (χ2n) is 18.5. The van der Waals surface area contributed by atoms with E-state index in [9.17, 15) is 0 Å². The molecule has 0 N–H and O–H groups in total. The molecule has 0 saturated carbocycles. The number of benzene rings is 4. The predicted molar refractivity (Wildman–Crippen MR) is 215 cm³/mol. The van der Waals surface area contributed by atoms with Crippen LogP contribution < -0.4 is 0 Å². The molecule has 252 valence electrons. The average molecular weight is 820 g/mol. The van der Waals surface area contributed by atoms with Crippen molar-refractivity contribution in [3.63, 3.8) is 0 Å². The summed E-state index contributed by atoms with van der Waals surface area (Å²) in [5.74, 6) is 0. The van der Waals surface area contributed by atoms with E-state index in [0.29, 0.717) is 7.35 Å². The first kappa shape index (κ1) is 35.3. The molecule has 4 aromatic rings. The van der Waals surface area contributed by atoms with Crippen molar-refractivity contribution in [2.45, 2.75) is 104 Å². The average Bonchev–Trinajstić information content (AvgIpc) is 3.74. The van der Waals surface area contributed by atoms with Crippen LogP contribution in [0, 0.1) is 13.8 Å². The number of aryl methyl sites for hydroxylation is 2. The fourth-order valence-electron chi connectivity index (χ4n) is 10.9. The summed E-state index contributed by atoms with van der Waals surface area (Å²) in [6.07, 6.45) is 21.1. The zero-order valence-corrected chi connectivity index (χ0v) is 35.8. The minimum atomic E-state index is -5.16. The molecule has 2 unspecified atom stereocenters. The van der Waals surface area contributed by atoms with Crippen LogP contribution >= 0.6 is 0 Å². The number of fused-ring (bicyclic) bond motifs is 2.